The van der Waals surface area contributed by atoms with Gasteiger partial charge < -0.3 is 5.11 Å². The molecule has 1 nitrogen and oxygen atoms in total. The molecule has 0 unspecified atom stereocenters. The van der Waals surface area contributed by atoms with E-state index in [2.05, 4.69) is 81.2 Å². The molecule has 2 atom stereocenters. The van der Waals surface area contributed by atoms with Gasteiger partial charge in [-0.1, -0.05) is 110 Å². The normalized spacial score (nSPS) is 14.1. The van der Waals surface area contributed by atoms with Gasteiger partial charge in [0.05, 0.1) is 6.10 Å². The Morgan fingerprint density at radius 1 is 0.960 bits per heavy atom. The van der Waals surface area contributed by atoms with Crippen LogP contribution in [0.2, 0.25) is 13.1 Å². The van der Waals surface area contributed by atoms with Gasteiger partial charge in [0, 0.05) is 5.92 Å². The molecular formula is C23H32OSi. The van der Waals surface area contributed by atoms with Crippen LogP contribution in [-0.4, -0.2) is 19.3 Å². The molecule has 1 N–H and O–H groups in total. The predicted octanol–water partition coefficient (Wildman–Crippen LogP) is 5.42. The van der Waals surface area contributed by atoms with Crippen LogP contribution in [0.1, 0.15) is 44.1 Å². The van der Waals surface area contributed by atoms with Gasteiger partial charge in [-0.2, -0.15) is 0 Å². The summed E-state index contributed by atoms with van der Waals surface area (Å²) in [5, 5.41) is 13.6. The van der Waals surface area contributed by atoms with Crippen LogP contribution in [0.4, 0.5) is 0 Å². The fraction of sp³-hybridized carbons (Fsp3) is 0.391. The summed E-state index contributed by atoms with van der Waals surface area (Å²) in [6.07, 6.45) is 3.89. The molecule has 0 bridgehead atoms. The van der Waals surface area contributed by atoms with Crippen molar-refractivity contribution < 1.29 is 5.11 Å². The molecule has 2 rings (SSSR count). The monoisotopic (exact) mass is 352 g/mol. The van der Waals surface area contributed by atoms with Crippen LogP contribution in [0.25, 0.3) is 0 Å². The Kier molecular flexibility index (Phi) is 7.21. The molecule has 2 aromatic rings. The maximum Gasteiger partial charge on any atom is 0.107 e. The Hall–Kier alpha value is -1.64. The van der Waals surface area contributed by atoms with Gasteiger partial charge in [-0.3, -0.25) is 0 Å². The van der Waals surface area contributed by atoms with Gasteiger partial charge in [-0.15, -0.1) is 6.58 Å². The number of hydrogen-bond donors (Lipinski definition) is 1. The van der Waals surface area contributed by atoms with Crippen LogP contribution in [0.5, 0.6) is 0 Å². The average Bonchev–Trinajstić information content (AvgIpc) is 2.63. The lowest BCUT2D eigenvalue weighted by atomic mass is 9.90. The minimum Gasteiger partial charge on any atom is -0.392 e. The van der Waals surface area contributed by atoms with Crippen LogP contribution < -0.4 is 5.19 Å². The summed E-state index contributed by atoms with van der Waals surface area (Å²) < 4.78 is 0. The lowest BCUT2D eigenvalue weighted by Crippen LogP contribution is -2.46. The molecule has 0 amide bonds. The molecule has 134 valence electrons. The highest BCUT2D eigenvalue weighted by molar-refractivity contribution is 6.95. The summed E-state index contributed by atoms with van der Waals surface area (Å²) in [7, 11) is -1.89. The van der Waals surface area contributed by atoms with Gasteiger partial charge in [-0.25, -0.2) is 0 Å². The molecule has 0 saturated heterocycles. The molecule has 0 saturated carbocycles. The van der Waals surface area contributed by atoms with Crippen molar-refractivity contribution in [2.24, 2.45) is 0 Å². The Bertz CT molecular complexity index is 648. The molecule has 0 radical (unpaired) electrons. The second-order valence-corrected chi connectivity index (χ2v) is 11.9. The zero-order valence-corrected chi connectivity index (χ0v) is 16.9. The third-order valence-corrected chi connectivity index (χ3v) is 9.01. The highest BCUT2D eigenvalue weighted by atomic mass is 28.3. The summed E-state index contributed by atoms with van der Waals surface area (Å²) in [5.41, 5.74) is 1.19. The summed E-state index contributed by atoms with van der Waals surface area (Å²) in [6, 6.07) is 21.1. The van der Waals surface area contributed by atoms with Crippen LogP contribution in [0, 0.1) is 0 Å². The number of unbranched alkanes of at least 4 members (excludes halogenated alkanes) is 2. The molecule has 2 heteroatoms. The van der Waals surface area contributed by atoms with Crippen molar-refractivity contribution in [2.75, 3.05) is 0 Å². The zero-order chi connectivity index (χ0) is 18.3. The van der Waals surface area contributed by atoms with Crippen molar-refractivity contribution in [2.45, 2.75) is 57.7 Å². The molecule has 0 aliphatic rings. The third-order valence-electron chi connectivity index (χ3n) is 5.32. The van der Waals surface area contributed by atoms with E-state index in [1.54, 1.807) is 0 Å². The Labute approximate surface area is 154 Å². The maximum absolute atomic E-state index is 11.0. The first-order chi connectivity index (χ1) is 12.0. The minimum atomic E-state index is -1.89. The van der Waals surface area contributed by atoms with Crippen LogP contribution in [-0.2, 0) is 0 Å². The second kappa shape index (κ2) is 9.16. The Morgan fingerprint density at radius 2 is 1.52 bits per heavy atom. The van der Waals surface area contributed by atoms with Crippen molar-refractivity contribution in [3.05, 3.63) is 78.0 Å². The Morgan fingerprint density at radius 3 is 2.08 bits per heavy atom. The smallest absolute Gasteiger partial charge is 0.107 e. The van der Waals surface area contributed by atoms with Gasteiger partial charge in [-0.05, 0) is 12.0 Å². The SMILES string of the molecule is C=C([C@@H](c1ccccc1)[C@H](O)CCCCC)[Si](C)(C)c1ccccc1. The van der Waals surface area contributed by atoms with Crippen LogP contribution in [0.15, 0.2) is 72.4 Å². The van der Waals surface area contributed by atoms with Crippen molar-refractivity contribution in [1.29, 1.82) is 0 Å². The van der Waals surface area contributed by atoms with E-state index >= 15 is 0 Å². The zero-order valence-electron chi connectivity index (χ0n) is 15.9. The highest BCUT2D eigenvalue weighted by Crippen LogP contribution is 2.34. The topological polar surface area (TPSA) is 20.2 Å². The standard InChI is InChI=1S/C23H32OSi/c1-5-6-9-18-22(24)23(20-14-10-7-11-15-20)19(2)25(3,4)21-16-12-8-13-17-21/h7-8,10-17,22-24H,2,5-6,9,18H2,1,3-4H3/t22-,23+/m1/s1. The van der Waals surface area contributed by atoms with Gasteiger partial charge in [0.2, 0.25) is 0 Å². The van der Waals surface area contributed by atoms with Gasteiger partial charge in [0.25, 0.3) is 0 Å². The van der Waals surface area contributed by atoms with Crippen molar-refractivity contribution in [3.8, 4) is 0 Å². The fourth-order valence-corrected chi connectivity index (χ4v) is 6.05. The average molecular weight is 353 g/mol. The second-order valence-electron chi connectivity index (χ2n) is 7.47. The lowest BCUT2D eigenvalue weighted by Gasteiger charge is -2.35. The van der Waals surface area contributed by atoms with E-state index in [9.17, 15) is 5.11 Å². The fourth-order valence-electron chi connectivity index (χ4n) is 3.52. The van der Waals surface area contributed by atoms with E-state index in [0.29, 0.717) is 0 Å². The molecule has 0 heterocycles. The van der Waals surface area contributed by atoms with E-state index in [0.717, 1.165) is 12.8 Å². The van der Waals surface area contributed by atoms with Crippen molar-refractivity contribution in [1.82, 2.24) is 0 Å². The first kappa shape index (κ1) is 19.7. The molecule has 25 heavy (non-hydrogen) atoms. The number of hydrogen-bond acceptors (Lipinski definition) is 1. The summed E-state index contributed by atoms with van der Waals surface area (Å²) in [4.78, 5) is 0. The summed E-state index contributed by atoms with van der Waals surface area (Å²) in [5.74, 6) is 0.0138. The minimum absolute atomic E-state index is 0.0138. The lowest BCUT2D eigenvalue weighted by molar-refractivity contribution is 0.144. The Balaban J connectivity index is 2.32. The van der Waals surface area contributed by atoms with E-state index in [1.165, 1.54) is 28.8 Å². The van der Waals surface area contributed by atoms with Crippen LogP contribution >= 0.6 is 0 Å². The number of rotatable bonds is 9. The molecule has 0 spiro atoms. The molecule has 0 aliphatic heterocycles. The number of benzene rings is 2. The summed E-state index contributed by atoms with van der Waals surface area (Å²) in [6.45, 7) is 11.4. The van der Waals surface area contributed by atoms with Crippen LogP contribution in [0.3, 0.4) is 0 Å². The van der Waals surface area contributed by atoms with E-state index in [4.69, 9.17) is 0 Å². The molecule has 0 aromatic heterocycles. The predicted molar refractivity (Wildman–Crippen MR) is 112 cm³/mol. The maximum atomic E-state index is 11.0. The number of aliphatic hydroxyl groups is 1. The van der Waals surface area contributed by atoms with Gasteiger partial charge >= 0.3 is 0 Å². The summed E-state index contributed by atoms with van der Waals surface area (Å²) >= 11 is 0. The van der Waals surface area contributed by atoms with E-state index in [1.807, 2.05) is 6.07 Å². The molecular weight excluding hydrogens is 320 g/mol. The molecule has 2 aromatic carbocycles. The molecule has 0 aliphatic carbocycles. The van der Waals surface area contributed by atoms with Gasteiger partial charge in [0.1, 0.15) is 8.07 Å². The first-order valence-electron chi connectivity index (χ1n) is 9.46. The number of aliphatic hydroxyl groups excluding tert-OH is 1. The van der Waals surface area contributed by atoms with E-state index < -0.39 is 8.07 Å². The molecule has 0 fully saturated rings. The quantitative estimate of drug-likeness (QED) is 0.472. The van der Waals surface area contributed by atoms with Gasteiger partial charge in [0.15, 0.2) is 0 Å². The van der Waals surface area contributed by atoms with E-state index in [-0.39, 0.29) is 12.0 Å². The first-order valence-corrected chi connectivity index (χ1v) is 12.5. The van der Waals surface area contributed by atoms with Crippen molar-refractivity contribution >= 4 is 13.3 Å². The third kappa shape index (κ3) is 4.93. The largest absolute Gasteiger partial charge is 0.392 e. The highest BCUT2D eigenvalue weighted by Gasteiger charge is 2.35. The van der Waals surface area contributed by atoms with Crippen molar-refractivity contribution in [3.63, 3.8) is 0 Å².